The Morgan fingerprint density at radius 2 is 0.657 bits per heavy atom. The molecule has 0 radical (unpaired) electrons. The summed E-state index contributed by atoms with van der Waals surface area (Å²) >= 11 is 6.45. The second-order valence-corrected chi connectivity index (χ2v) is 39.7. The Kier molecular flexibility index (Phi) is 42.6. The van der Waals surface area contributed by atoms with E-state index in [1.165, 1.54) is 40.6 Å². The number of hydrogen-bond acceptors (Lipinski definition) is 21. The fraction of sp³-hybridized carbons (Fsp3) is 0.406. The molecular weight excluding hydrogens is 1870 g/mol. The largest absolute Gasteiger partial charge is 0.488 e. The van der Waals surface area contributed by atoms with Crippen molar-refractivity contribution in [2.45, 2.75) is 145 Å². The second kappa shape index (κ2) is 53.0. The molecule has 5 heterocycles. The van der Waals surface area contributed by atoms with Crippen LogP contribution in [0.15, 0.2) is 221 Å². The molecule has 0 aliphatic carbocycles. The summed E-state index contributed by atoms with van der Waals surface area (Å²) in [5, 5.41) is 20.3. The average Bonchev–Trinajstić information content (AvgIpc) is 0.805. The van der Waals surface area contributed by atoms with E-state index in [4.69, 9.17) is 46.0 Å². The van der Waals surface area contributed by atoms with Gasteiger partial charge in [0, 0.05) is 191 Å². The number of rotatable bonds is 14. The number of nitrogens with zero attached hydrogens (tertiary/aromatic N) is 10. The number of amides is 5. The number of nitrogens with one attached hydrogen (secondary N) is 1. The van der Waals surface area contributed by atoms with Gasteiger partial charge in [0.2, 0.25) is 6.54 Å². The molecule has 0 atom stereocenters. The van der Waals surface area contributed by atoms with Gasteiger partial charge in [-0.25, -0.2) is 34.9 Å². The minimum absolute atomic E-state index is 0.200. The minimum Gasteiger partial charge on any atom is -0.444 e. The van der Waals surface area contributed by atoms with Crippen molar-refractivity contribution in [2.75, 3.05) is 157 Å². The number of halogens is 3. The number of aldehydes is 3. The molecule has 0 unspecified atom stereocenters. The normalized spacial score (nSPS) is 14.5. The van der Waals surface area contributed by atoms with Crippen LogP contribution in [0.25, 0.3) is 38.2 Å². The SMILES string of the molecule is CC(C)(C)OC(=O)N1CCN(c2ccc(C=O)cc2-c2ccccc2)CC1.CC(C)(C)OC(=O)N1CCN(c2ccc(C=O)cc2Br)CC1.CC(C)(C)OC(=O)N1CCN(c2ccc(CCN)cc2-c2ccccc2)CC1.CC(C)(C)OC(=O)N1CCNCC1.O=Cc1ccc(F)c(Br)c1.OB(O)c1ccccc1.[C-]#[N+]Cc1ccc(N2CCN(C(=O)OC(C)(C)C)CC2)c(-c2ccccc2)c1. The van der Waals surface area contributed by atoms with E-state index in [1.54, 1.807) is 54.8 Å². The van der Waals surface area contributed by atoms with E-state index < -0.39 is 29.5 Å². The van der Waals surface area contributed by atoms with Crippen LogP contribution < -0.4 is 36.1 Å². The molecule has 5 aliphatic rings. The van der Waals surface area contributed by atoms with Crippen LogP contribution in [0.1, 0.15) is 146 Å². The van der Waals surface area contributed by atoms with Crippen molar-refractivity contribution in [3.05, 3.63) is 266 Å². The van der Waals surface area contributed by atoms with Crippen LogP contribution in [-0.2, 0) is 36.6 Å². The highest BCUT2D eigenvalue weighted by atomic mass is 79.9. The molecule has 0 aromatic heterocycles. The van der Waals surface area contributed by atoms with Gasteiger partial charge in [0.25, 0.3) is 0 Å². The maximum atomic E-state index is 12.5. The van der Waals surface area contributed by atoms with Gasteiger partial charge in [0.05, 0.1) is 10.2 Å². The summed E-state index contributed by atoms with van der Waals surface area (Å²) in [6.45, 7) is 50.7. The molecule has 732 valence electrons. The Bertz CT molecular complexity index is 5400. The van der Waals surface area contributed by atoms with Gasteiger partial charge in [0.15, 0.2) is 0 Å². The Morgan fingerprint density at radius 3 is 0.956 bits per heavy atom. The molecule has 137 heavy (non-hydrogen) atoms. The number of anilines is 4. The van der Waals surface area contributed by atoms with Crippen LogP contribution in [0.2, 0.25) is 0 Å². The summed E-state index contributed by atoms with van der Waals surface area (Å²) in [5.41, 5.74) is 19.3. The van der Waals surface area contributed by atoms with Crippen LogP contribution in [0.4, 0.5) is 51.1 Å². The third kappa shape index (κ3) is 37.3. The Morgan fingerprint density at radius 1 is 0.380 bits per heavy atom. The van der Waals surface area contributed by atoms with Crippen LogP contribution in [-0.4, -0.2) is 256 Å². The highest BCUT2D eigenvalue weighted by Gasteiger charge is 2.33. The average molecular weight is 2010 g/mol. The Labute approximate surface area is 824 Å². The summed E-state index contributed by atoms with van der Waals surface area (Å²) in [5.74, 6) is -0.356. The van der Waals surface area contributed by atoms with Crippen molar-refractivity contribution in [3.8, 4) is 33.4 Å². The monoisotopic (exact) mass is 2000 g/mol. The number of piperazine rings is 5. The number of nitrogens with two attached hydrogens (primary N) is 1. The molecule has 9 aromatic carbocycles. The zero-order valence-corrected chi connectivity index (χ0v) is 84.8. The fourth-order valence-electron chi connectivity index (χ4n) is 14.7. The summed E-state index contributed by atoms with van der Waals surface area (Å²) in [6.07, 6.45) is 2.04. The molecule has 5 N–H and O–H groups in total. The summed E-state index contributed by atoms with van der Waals surface area (Å²) < 4.78 is 40.8. The lowest BCUT2D eigenvalue weighted by Crippen LogP contribution is -2.50. The maximum absolute atomic E-state index is 12.5. The molecule has 0 saturated carbocycles. The Hall–Kier alpha value is -12.2. The van der Waals surface area contributed by atoms with Crippen LogP contribution in [0, 0.1) is 12.4 Å². The lowest BCUT2D eigenvalue weighted by atomic mass is 9.81. The van der Waals surface area contributed by atoms with Crippen molar-refractivity contribution in [1.29, 1.82) is 0 Å². The lowest BCUT2D eigenvalue weighted by Gasteiger charge is -2.37. The molecule has 5 aliphatic heterocycles. The van der Waals surface area contributed by atoms with Gasteiger partial charge in [-0.2, -0.15) is 0 Å². The zero-order valence-electron chi connectivity index (χ0n) is 81.7. The lowest BCUT2D eigenvalue weighted by molar-refractivity contribution is 0.0220. The van der Waals surface area contributed by atoms with Crippen LogP contribution in [0.3, 0.4) is 0 Å². The summed E-state index contributed by atoms with van der Waals surface area (Å²) in [7, 11) is -1.34. The van der Waals surface area contributed by atoms with Gasteiger partial charge in [-0.15, -0.1) is 0 Å². The van der Waals surface area contributed by atoms with Gasteiger partial charge < -0.3 is 93.7 Å². The third-order valence-corrected chi connectivity index (χ3v) is 22.6. The molecule has 9 aromatic rings. The number of carbonyl (C=O) groups excluding carboxylic acids is 8. The smallest absolute Gasteiger partial charge is 0.444 e. The molecule has 5 saturated heterocycles. The second-order valence-electron chi connectivity index (χ2n) is 38.0. The van der Waals surface area contributed by atoms with Gasteiger partial charge >= 0.3 is 37.6 Å². The number of ether oxygens (including phenoxy) is 5. The molecular formula is C106H134BBr2FN12O15. The highest BCUT2D eigenvalue weighted by molar-refractivity contribution is 9.10. The molecule has 0 bridgehead atoms. The van der Waals surface area contributed by atoms with E-state index in [0.717, 1.165) is 147 Å². The van der Waals surface area contributed by atoms with E-state index in [-0.39, 0.29) is 41.9 Å². The first-order valence-corrected chi connectivity index (χ1v) is 47.7. The molecule has 0 spiro atoms. The van der Waals surface area contributed by atoms with Crippen molar-refractivity contribution in [3.63, 3.8) is 0 Å². The van der Waals surface area contributed by atoms with Crippen molar-refractivity contribution < 1.29 is 76.5 Å². The minimum atomic E-state index is -1.34. The van der Waals surface area contributed by atoms with Gasteiger partial charge in [0.1, 0.15) is 52.7 Å². The van der Waals surface area contributed by atoms with E-state index in [0.29, 0.717) is 98.4 Å². The van der Waals surface area contributed by atoms with E-state index in [9.17, 15) is 42.7 Å². The standard InChI is InChI=1S/C23H27N3O2.C23H31N3O2.C22H26N2O3.C16H21BrN2O3.C9H18N2O2.C7H4BrFO.C6H7BO2/c1-23(2,3)28-22(27)26-14-12-25(13-15-26)21-11-10-18(17-24-4)16-20(21)19-8-6-5-7-9-19;1-23(2,3)28-22(27)26-15-13-25(14-16-26)21-10-9-18(11-12-24)17-20(21)19-7-5-4-6-8-19;1-22(2,3)27-21(26)24-13-11-23(12-14-24)20-10-9-17(16-25)15-19(20)18-7-5-4-6-8-18;1-16(2,3)22-15(21)19-8-6-18(7-9-19)14-5-4-12(11-20)10-13(14)17;1-9(2,3)13-8(12)11-6-4-10-5-7-11;8-6-3-5(4-10)1-2-7(6)9;8-7(9)6-4-2-1-3-5-6/h5-11,16H,12-15,17H2,1-3H3;4-10,17H,11-16,24H2,1-3H3;4-10,15-16H,11-14H2,1-3H3;4-5,10-11H,6-9H2,1-3H3;10H,4-7H2,1-3H3;1-4H;1-5,8-9H. The maximum Gasteiger partial charge on any atom is 0.488 e. The quantitative estimate of drug-likeness (QED) is 0.0340. The molecule has 5 amide bonds. The van der Waals surface area contributed by atoms with Crippen LogP contribution >= 0.6 is 31.9 Å². The zero-order chi connectivity index (χ0) is 100. The Balaban J connectivity index is 0.000000203. The van der Waals surface area contributed by atoms with E-state index >= 15 is 0 Å². The first-order valence-electron chi connectivity index (χ1n) is 46.2. The number of carbonyl (C=O) groups is 8. The van der Waals surface area contributed by atoms with Crippen molar-refractivity contribution in [1.82, 2.24) is 29.8 Å². The highest BCUT2D eigenvalue weighted by Crippen LogP contribution is 2.38. The van der Waals surface area contributed by atoms with Gasteiger partial charge in [-0.1, -0.05) is 127 Å². The predicted octanol–water partition coefficient (Wildman–Crippen LogP) is 18.9. The third-order valence-electron chi connectivity index (χ3n) is 21.4. The van der Waals surface area contributed by atoms with E-state index in [1.807, 2.05) is 201 Å². The van der Waals surface area contributed by atoms with Gasteiger partial charge in [-0.3, -0.25) is 14.4 Å². The molecule has 5 fully saturated rings. The summed E-state index contributed by atoms with van der Waals surface area (Å²) in [6, 6.07) is 67.7. The molecule has 31 heteroatoms. The van der Waals surface area contributed by atoms with E-state index in [2.05, 4.69) is 128 Å². The number of benzene rings is 9. The molecule has 14 rings (SSSR count). The summed E-state index contributed by atoms with van der Waals surface area (Å²) in [4.78, 5) is 114. The predicted molar refractivity (Wildman–Crippen MR) is 550 cm³/mol. The topological polar surface area (TPSA) is 295 Å². The fourth-order valence-corrected chi connectivity index (χ4v) is 15.8. The van der Waals surface area contributed by atoms with Crippen molar-refractivity contribution >= 4 is 117 Å². The van der Waals surface area contributed by atoms with Gasteiger partial charge in [-0.05, 0) is 261 Å². The molecule has 27 nitrogen and oxygen atoms in total. The first-order chi connectivity index (χ1) is 64.9. The number of hydrogen-bond donors (Lipinski definition) is 4. The van der Waals surface area contributed by atoms with Crippen molar-refractivity contribution in [2.24, 2.45) is 5.73 Å². The van der Waals surface area contributed by atoms with Crippen LogP contribution in [0.5, 0.6) is 0 Å². The first kappa shape index (κ1) is 110.